The lowest BCUT2D eigenvalue weighted by atomic mass is 10.1. The molecule has 0 aromatic heterocycles. The van der Waals surface area contributed by atoms with Gasteiger partial charge in [0.2, 0.25) is 5.91 Å². The van der Waals surface area contributed by atoms with Gasteiger partial charge in [-0.2, -0.15) is 0 Å². The van der Waals surface area contributed by atoms with Crippen LogP contribution in [0.1, 0.15) is 12.5 Å². The highest BCUT2D eigenvalue weighted by atomic mass is 16.3. The summed E-state index contributed by atoms with van der Waals surface area (Å²) in [6.07, 6.45) is -0.738. The van der Waals surface area contributed by atoms with Crippen molar-refractivity contribution in [2.45, 2.75) is 31.7 Å². The fourth-order valence-electron chi connectivity index (χ4n) is 2.60. The predicted molar refractivity (Wildman–Crippen MR) is 71.3 cm³/mol. The quantitative estimate of drug-likeness (QED) is 0.700. The van der Waals surface area contributed by atoms with Crippen LogP contribution in [-0.4, -0.2) is 52.4 Å². The van der Waals surface area contributed by atoms with Gasteiger partial charge in [-0.3, -0.25) is 9.69 Å². The number of carbonyl (C=O) groups is 1. The van der Waals surface area contributed by atoms with Gasteiger partial charge in [0.15, 0.2) is 0 Å². The van der Waals surface area contributed by atoms with E-state index in [0.717, 1.165) is 5.56 Å². The fraction of sp³-hybridized carbons (Fsp3) is 0.500. The number of amides is 1. The lowest BCUT2D eigenvalue weighted by molar-refractivity contribution is -0.120. The fourth-order valence-corrected chi connectivity index (χ4v) is 2.60. The van der Waals surface area contributed by atoms with Crippen LogP contribution in [0.15, 0.2) is 30.3 Å². The molecule has 1 fully saturated rings. The van der Waals surface area contributed by atoms with Crippen LogP contribution in [0.2, 0.25) is 0 Å². The molecule has 1 aliphatic rings. The van der Waals surface area contributed by atoms with E-state index < -0.39 is 6.10 Å². The standard InChI is InChI=1S/C14H20N2O3/c1-10(18)15-12-8-16(13(9-17)14(12)19)7-11-5-3-2-4-6-11/h2-6,12-14,17,19H,7-9H2,1H3,(H,15,18)/t12-,13-,14+/m0/s1. The van der Waals surface area contributed by atoms with E-state index in [1.165, 1.54) is 6.92 Å². The number of rotatable bonds is 4. The van der Waals surface area contributed by atoms with Crippen LogP contribution in [0.5, 0.6) is 0 Å². The number of likely N-dealkylation sites (tertiary alicyclic amines) is 1. The number of hydrogen-bond acceptors (Lipinski definition) is 4. The average molecular weight is 264 g/mol. The van der Waals surface area contributed by atoms with Gasteiger partial charge in [0.1, 0.15) is 0 Å². The van der Waals surface area contributed by atoms with Crippen LogP contribution in [0.3, 0.4) is 0 Å². The summed E-state index contributed by atoms with van der Waals surface area (Å²) in [6.45, 7) is 2.50. The van der Waals surface area contributed by atoms with Crippen molar-refractivity contribution in [1.82, 2.24) is 10.2 Å². The molecule has 1 aromatic rings. The summed E-state index contributed by atoms with van der Waals surface area (Å²) in [5, 5.41) is 22.3. The average Bonchev–Trinajstić information content (AvgIpc) is 2.66. The summed E-state index contributed by atoms with van der Waals surface area (Å²) in [6, 6.07) is 9.23. The van der Waals surface area contributed by atoms with E-state index in [9.17, 15) is 15.0 Å². The van der Waals surface area contributed by atoms with Crippen molar-refractivity contribution in [3.63, 3.8) is 0 Å². The van der Waals surface area contributed by atoms with Crippen LogP contribution in [0.25, 0.3) is 0 Å². The molecule has 19 heavy (non-hydrogen) atoms. The van der Waals surface area contributed by atoms with E-state index in [1.807, 2.05) is 35.2 Å². The maximum Gasteiger partial charge on any atom is 0.217 e. The number of aliphatic hydroxyl groups excluding tert-OH is 2. The number of nitrogens with zero attached hydrogens (tertiary/aromatic N) is 1. The number of benzene rings is 1. The molecule has 104 valence electrons. The van der Waals surface area contributed by atoms with Gasteiger partial charge in [-0.05, 0) is 5.56 Å². The third-order valence-corrected chi connectivity index (χ3v) is 3.51. The summed E-state index contributed by atoms with van der Waals surface area (Å²) < 4.78 is 0. The normalized spacial score (nSPS) is 27.4. The molecule has 0 saturated carbocycles. The maximum atomic E-state index is 11.1. The zero-order valence-electron chi connectivity index (χ0n) is 11.0. The molecule has 0 radical (unpaired) electrons. The second kappa shape index (κ2) is 6.14. The highest BCUT2D eigenvalue weighted by Crippen LogP contribution is 2.21. The highest BCUT2D eigenvalue weighted by molar-refractivity contribution is 5.73. The second-order valence-electron chi connectivity index (χ2n) is 4.96. The minimum absolute atomic E-state index is 0.121. The second-order valence-corrected chi connectivity index (χ2v) is 4.96. The summed E-state index contributed by atoms with van der Waals surface area (Å²) in [7, 11) is 0. The third kappa shape index (κ3) is 3.32. The zero-order chi connectivity index (χ0) is 13.8. The Morgan fingerprint density at radius 2 is 2.11 bits per heavy atom. The molecule has 0 aliphatic carbocycles. The Labute approximate surface area is 112 Å². The van der Waals surface area contributed by atoms with Gasteiger partial charge in [0, 0.05) is 20.0 Å². The number of nitrogens with one attached hydrogen (secondary N) is 1. The Morgan fingerprint density at radius 1 is 1.42 bits per heavy atom. The predicted octanol–water partition coefficient (Wildman–Crippen LogP) is -0.271. The van der Waals surface area contributed by atoms with E-state index >= 15 is 0 Å². The number of aliphatic hydroxyl groups is 2. The van der Waals surface area contributed by atoms with Crippen molar-refractivity contribution in [2.75, 3.05) is 13.2 Å². The van der Waals surface area contributed by atoms with Crippen molar-refractivity contribution < 1.29 is 15.0 Å². The summed E-state index contributed by atoms with van der Waals surface area (Å²) >= 11 is 0. The summed E-state index contributed by atoms with van der Waals surface area (Å²) in [4.78, 5) is 13.1. The Hall–Kier alpha value is -1.43. The van der Waals surface area contributed by atoms with Gasteiger partial charge in [0.05, 0.1) is 24.8 Å². The molecular weight excluding hydrogens is 244 g/mol. The maximum absolute atomic E-state index is 11.1. The van der Waals surface area contributed by atoms with Crippen LogP contribution in [0.4, 0.5) is 0 Å². The van der Waals surface area contributed by atoms with Crippen molar-refractivity contribution in [1.29, 1.82) is 0 Å². The Kier molecular flexibility index (Phi) is 4.52. The van der Waals surface area contributed by atoms with E-state index in [2.05, 4.69) is 5.32 Å². The molecule has 2 rings (SSSR count). The van der Waals surface area contributed by atoms with Crippen LogP contribution in [0, 0.1) is 0 Å². The van der Waals surface area contributed by atoms with E-state index in [4.69, 9.17) is 0 Å². The van der Waals surface area contributed by atoms with Crippen molar-refractivity contribution in [2.24, 2.45) is 0 Å². The molecule has 5 heteroatoms. The molecule has 3 N–H and O–H groups in total. The molecule has 1 amide bonds. The first-order valence-electron chi connectivity index (χ1n) is 6.46. The smallest absolute Gasteiger partial charge is 0.217 e. The van der Waals surface area contributed by atoms with Crippen LogP contribution in [-0.2, 0) is 11.3 Å². The largest absolute Gasteiger partial charge is 0.395 e. The lowest BCUT2D eigenvalue weighted by Crippen LogP contribution is -2.44. The third-order valence-electron chi connectivity index (χ3n) is 3.51. The molecule has 3 atom stereocenters. The summed E-state index contributed by atoms with van der Waals surface area (Å²) in [5.74, 6) is -0.165. The van der Waals surface area contributed by atoms with Crippen LogP contribution >= 0.6 is 0 Å². The lowest BCUT2D eigenvalue weighted by Gasteiger charge is -2.23. The SMILES string of the molecule is CC(=O)N[C@H]1CN(Cc2ccccc2)[C@@H](CO)[C@@H]1O. The van der Waals surface area contributed by atoms with E-state index in [0.29, 0.717) is 13.1 Å². The monoisotopic (exact) mass is 264 g/mol. The first kappa shape index (κ1) is 14.0. The Balaban J connectivity index is 2.05. The molecule has 0 bridgehead atoms. The first-order chi connectivity index (χ1) is 9.11. The number of hydrogen-bond donors (Lipinski definition) is 3. The molecule has 1 heterocycles. The highest BCUT2D eigenvalue weighted by Gasteiger charge is 2.40. The molecular formula is C14H20N2O3. The number of carbonyl (C=O) groups excluding carboxylic acids is 1. The van der Waals surface area contributed by atoms with Crippen molar-refractivity contribution >= 4 is 5.91 Å². The molecule has 0 unspecified atom stereocenters. The minimum Gasteiger partial charge on any atom is -0.395 e. The van der Waals surface area contributed by atoms with Gasteiger partial charge in [-0.15, -0.1) is 0 Å². The van der Waals surface area contributed by atoms with Gasteiger partial charge in [-0.25, -0.2) is 0 Å². The minimum atomic E-state index is -0.738. The Bertz CT molecular complexity index is 424. The summed E-state index contributed by atoms with van der Waals surface area (Å²) in [5.41, 5.74) is 1.12. The van der Waals surface area contributed by atoms with E-state index in [1.54, 1.807) is 0 Å². The van der Waals surface area contributed by atoms with Gasteiger partial charge >= 0.3 is 0 Å². The molecule has 1 saturated heterocycles. The molecule has 0 spiro atoms. The zero-order valence-corrected chi connectivity index (χ0v) is 11.0. The molecule has 5 nitrogen and oxygen atoms in total. The molecule has 1 aliphatic heterocycles. The van der Waals surface area contributed by atoms with Gasteiger partial charge in [-0.1, -0.05) is 30.3 Å². The Morgan fingerprint density at radius 3 is 2.68 bits per heavy atom. The van der Waals surface area contributed by atoms with Crippen molar-refractivity contribution in [3.05, 3.63) is 35.9 Å². The van der Waals surface area contributed by atoms with E-state index in [-0.39, 0.29) is 24.6 Å². The first-order valence-corrected chi connectivity index (χ1v) is 6.46. The topological polar surface area (TPSA) is 72.8 Å². The van der Waals surface area contributed by atoms with Crippen LogP contribution < -0.4 is 5.32 Å². The van der Waals surface area contributed by atoms with Crippen molar-refractivity contribution in [3.8, 4) is 0 Å². The van der Waals surface area contributed by atoms with Gasteiger partial charge in [0.25, 0.3) is 0 Å². The van der Waals surface area contributed by atoms with Gasteiger partial charge < -0.3 is 15.5 Å². The molecule has 1 aromatic carbocycles.